The Labute approximate surface area is 123 Å². The predicted molar refractivity (Wildman–Crippen MR) is 74.5 cm³/mol. The van der Waals surface area contributed by atoms with Crippen LogP contribution >= 0.6 is 0 Å². The molecular weight excluding hydrogens is 274 g/mol. The maximum Gasteiger partial charge on any atom is 0.333 e. The fourth-order valence-corrected chi connectivity index (χ4v) is 3.39. The molecule has 6 nitrogen and oxygen atoms in total. The van der Waals surface area contributed by atoms with Crippen molar-refractivity contribution in [1.82, 2.24) is 5.32 Å². The van der Waals surface area contributed by atoms with E-state index in [0.717, 1.165) is 6.42 Å². The molecule has 6 heteroatoms. The van der Waals surface area contributed by atoms with Crippen LogP contribution in [0, 0.1) is 17.8 Å². The summed E-state index contributed by atoms with van der Waals surface area (Å²) in [4.78, 5) is 34.2. The first kappa shape index (κ1) is 15.7. The van der Waals surface area contributed by atoms with Crippen LogP contribution in [0.2, 0.25) is 0 Å². The molecule has 0 radical (unpaired) electrons. The zero-order valence-electron chi connectivity index (χ0n) is 12.1. The molecule has 0 saturated heterocycles. The van der Waals surface area contributed by atoms with Crippen molar-refractivity contribution in [1.29, 1.82) is 0 Å². The number of fused-ring (bicyclic) bond motifs is 2. The third kappa shape index (κ3) is 3.50. The van der Waals surface area contributed by atoms with E-state index in [1.54, 1.807) is 6.92 Å². The third-order valence-corrected chi connectivity index (χ3v) is 4.41. The molecule has 21 heavy (non-hydrogen) atoms. The zero-order chi connectivity index (χ0) is 15.6. The van der Waals surface area contributed by atoms with Gasteiger partial charge >= 0.3 is 11.9 Å². The molecule has 2 aliphatic carbocycles. The molecule has 2 saturated carbocycles. The van der Waals surface area contributed by atoms with E-state index in [-0.39, 0.29) is 36.7 Å². The maximum atomic E-state index is 11.5. The monoisotopic (exact) mass is 295 g/mol. The number of ketones is 1. The Morgan fingerprint density at radius 2 is 2.19 bits per heavy atom. The van der Waals surface area contributed by atoms with Gasteiger partial charge in [0.05, 0.1) is 0 Å². The Kier molecular flexibility index (Phi) is 4.77. The lowest BCUT2D eigenvalue weighted by Crippen LogP contribution is -2.46. The van der Waals surface area contributed by atoms with Crippen LogP contribution < -0.4 is 5.32 Å². The Bertz CT molecular complexity index is 473. The summed E-state index contributed by atoms with van der Waals surface area (Å²) in [6, 6.07) is -0.684. The van der Waals surface area contributed by atoms with Gasteiger partial charge in [0.1, 0.15) is 18.4 Å². The molecule has 0 aromatic rings. The molecule has 0 amide bonds. The number of hydrogen-bond acceptors (Lipinski definition) is 5. The van der Waals surface area contributed by atoms with Crippen molar-refractivity contribution in [3.05, 3.63) is 12.2 Å². The van der Waals surface area contributed by atoms with Crippen molar-refractivity contribution >= 4 is 17.7 Å². The van der Waals surface area contributed by atoms with Crippen molar-refractivity contribution in [2.24, 2.45) is 17.8 Å². The standard InChI is InChI=1S/C15H21NO5/c1-8(2)15(20)21-4-3-16-13(14(18)19)11-6-10-5-9(11)7-12(10)17/h9-11,13,16H,1,3-7H2,2H3,(H,18,19). The highest BCUT2D eigenvalue weighted by Gasteiger charge is 2.49. The number of nitrogens with one attached hydrogen (secondary N) is 1. The van der Waals surface area contributed by atoms with E-state index in [9.17, 15) is 19.5 Å². The van der Waals surface area contributed by atoms with Gasteiger partial charge in [0.15, 0.2) is 0 Å². The summed E-state index contributed by atoms with van der Waals surface area (Å²) in [6.07, 6.45) is 1.98. The Hall–Kier alpha value is -1.69. The van der Waals surface area contributed by atoms with Gasteiger partial charge in [0, 0.05) is 24.5 Å². The van der Waals surface area contributed by atoms with Crippen LogP contribution in [0.4, 0.5) is 0 Å². The quantitative estimate of drug-likeness (QED) is 0.409. The molecule has 4 unspecified atom stereocenters. The van der Waals surface area contributed by atoms with Crippen LogP contribution in [0.3, 0.4) is 0 Å². The molecule has 2 rings (SSSR count). The van der Waals surface area contributed by atoms with Crippen LogP contribution in [0.15, 0.2) is 12.2 Å². The van der Waals surface area contributed by atoms with E-state index in [1.807, 2.05) is 0 Å². The van der Waals surface area contributed by atoms with Crippen molar-refractivity contribution in [3.8, 4) is 0 Å². The number of hydrogen-bond donors (Lipinski definition) is 2. The number of Topliss-reactive ketones (excluding diaryl/α,β-unsaturated/α-hetero) is 1. The molecule has 0 aliphatic heterocycles. The minimum Gasteiger partial charge on any atom is -0.480 e. The Morgan fingerprint density at radius 3 is 2.67 bits per heavy atom. The fourth-order valence-electron chi connectivity index (χ4n) is 3.39. The van der Waals surface area contributed by atoms with E-state index in [2.05, 4.69) is 11.9 Å². The lowest BCUT2D eigenvalue weighted by atomic mass is 9.82. The van der Waals surface area contributed by atoms with Crippen LogP contribution in [-0.2, 0) is 19.1 Å². The summed E-state index contributed by atoms with van der Waals surface area (Å²) < 4.78 is 4.93. The van der Waals surface area contributed by atoms with E-state index in [0.29, 0.717) is 18.4 Å². The second-order valence-electron chi connectivity index (χ2n) is 5.95. The van der Waals surface area contributed by atoms with E-state index >= 15 is 0 Å². The molecule has 2 aliphatic rings. The second kappa shape index (κ2) is 6.39. The average Bonchev–Trinajstić information content (AvgIpc) is 2.96. The number of carbonyl (C=O) groups excluding carboxylic acids is 2. The lowest BCUT2D eigenvalue weighted by molar-refractivity contribution is -0.142. The average molecular weight is 295 g/mol. The van der Waals surface area contributed by atoms with Crippen LogP contribution in [0.5, 0.6) is 0 Å². The summed E-state index contributed by atoms with van der Waals surface area (Å²) in [7, 11) is 0. The normalized spacial score (nSPS) is 28.4. The number of carboxylic acid groups (broad SMARTS) is 1. The first-order valence-electron chi connectivity index (χ1n) is 7.21. The maximum absolute atomic E-state index is 11.5. The van der Waals surface area contributed by atoms with Crippen molar-refractivity contribution in [3.63, 3.8) is 0 Å². The highest BCUT2D eigenvalue weighted by atomic mass is 16.5. The number of esters is 1. The van der Waals surface area contributed by atoms with Gasteiger partial charge < -0.3 is 15.2 Å². The first-order valence-corrected chi connectivity index (χ1v) is 7.21. The van der Waals surface area contributed by atoms with Gasteiger partial charge in [-0.3, -0.25) is 9.59 Å². The zero-order valence-corrected chi connectivity index (χ0v) is 12.1. The molecule has 4 atom stereocenters. The van der Waals surface area contributed by atoms with Crippen molar-refractivity contribution < 1.29 is 24.2 Å². The van der Waals surface area contributed by atoms with Crippen LogP contribution in [-0.4, -0.2) is 42.0 Å². The number of rotatable bonds is 7. The van der Waals surface area contributed by atoms with Gasteiger partial charge in [-0.2, -0.15) is 0 Å². The molecule has 116 valence electrons. The van der Waals surface area contributed by atoms with E-state index in [1.165, 1.54) is 0 Å². The van der Waals surface area contributed by atoms with Crippen LogP contribution in [0.25, 0.3) is 0 Å². The molecule has 0 aromatic heterocycles. The van der Waals surface area contributed by atoms with Gasteiger partial charge in [-0.15, -0.1) is 0 Å². The predicted octanol–water partition coefficient (Wildman–Crippen LogP) is 0.764. The number of ether oxygens (including phenoxy) is 1. The van der Waals surface area contributed by atoms with E-state index < -0.39 is 18.0 Å². The first-order chi connectivity index (χ1) is 9.90. The fraction of sp³-hybridized carbons (Fsp3) is 0.667. The molecule has 0 spiro atoms. The minimum atomic E-state index is -0.911. The summed E-state index contributed by atoms with van der Waals surface area (Å²) in [5, 5.41) is 12.3. The van der Waals surface area contributed by atoms with Crippen molar-refractivity contribution in [2.45, 2.75) is 32.2 Å². The smallest absolute Gasteiger partial charge is 0.333 e. The Balaban J connectivity index is 1.81. The van der Waals surface area contributed by atoms with Gasteiger partial charge in [-0.05, 0) is 31.6 Å². The minimum absolute atomic E-state index is 0.0120. The summed E-state index contributed by atoms with van der Waals surface area (Å²) in [5.74, 6) is -0.905. The molecule has 2 bridgehead atoms. The molecule has 2 fully saturated rings. The van der Waals surface area contributed by atoms with Gasteiger partial charge in [-0.1, -0.05) is 6.58 Å². The summed E-state index contributed by atoms with van der Waals surface area (Å²) in [5.41, 5.74) is 0.316. The van der Waals surface area contributed by atoms with Gasteiger partial charge in [0.25, 0.3) is 0 Å². The van der Waals surface area contributed by atoms with Gasteiger partial charge in [0.2, 0.25) is 0 Å². The summed E-state index contributed by atoms with van der Waals surface area (Å²) in [6.45, 7) is 5.41. The SMILES string of the molecule is C=C(C)C(=O)OCCNC(C(=O)O)C1CC2CC1CC2=O. The highest BCUT2D eigenvalue weighted by molar-refractivity contribution is 5.87. The second-order valence-corrected chi connectivity index (χ2v) is 5.95. The van der Waals surface area contributed by atoms with Gasteiger partial charge in [-0.25, -0.2) is 4.79 Å². The number of carbonyl (C=O) groups is 3. The largest absolute Gasteiger partial charge is 0.480 e. The van der Waals surface area contributed by atoms with Crippen molar-refractivity contribution in [2.75, 3.05) is 13.2 Å². The molecular formula is C15H21NO5. The molecule has 0 aromatic carbocycles. The third-order valence-electron chi connectivity index (χ3n) is 4.41. The summed E-state index contributed by atoms with van der Waals surface area (Å²) >= 11 is 0. The number of aliphatic carboxylic acids is 1. The lowest BCUT2D eigenvalue weighted by Gasteiger charge is -2.27. The number of carboxylic acids is 1. The van der Waals surface area contributed by atoms with Crippen LogP contribution in [0.1, 0.15) is 26.2 Å². The van der Waals surface area contributed by atoms with E-state index in [4.69, 9.17) is 4.74 Å². The molecule has 0 heterocycles. The topological polar surface area (TPSA) is 92.7 Å². The molecule has 2 N–H and O–H groups in total. The Morgan fingerprint density at radius 1 is 1.48 bits per heavy atom. The highest BCUT2D eigenvalue weighted by Crippen LogP contribution is 2.47.